The second-order valence-electron chi connectivity index (χ2n) is 33.6. The van der Waals surface area contributed by atoms with Crippen LogP contribution >= 0.6 is 0 Å². The standard InChI is InChI=1S/C89H151N11O24/c1-18-71-56(6)60(10)80(94-64(14)102)86(121-71)117-44-40-113-36-32-90-76(107)51-99(52-77(108)91-33-37-114-41-45-118-87-81(95-65(15)103)61(11)57(7)72(19-2)122-87)84(111)68-48-69(50-70(49-68)98-75(106)31-29-27-25-23-22-24-26-28-30-55(5)101)85(112)100(53-78(109)92-34-38-115-42-46-119-88-82(96-66(16)104)62(12)58(8)73(20-3)123-88)54-79(110)93-35-39-116-43-47-120-89-83(97-67(17)105)63(13)59(9)74(21-4)124-89/h48-50,56-63,71-74,80-83,86-89H,18-47,51-54H2,1-17H3,(H,90,107)(H,91,108)(H,92,109)(H,93,110)(H,94,102)(H,95,103)(H,96,104)(H,97,105)(H,98,106). The Morgan fingerprint density at radius 1 is 0.315 bits per heavy atom. The van der Waals surface area contributed by atoms with Crippen molar-refractivity contribution in [2.75, 3.05) is 137 Å². The molecule has 20 unspecified atom stereocenters. The lowest BCUT2D eigenvalue weighted by Gasteiger charge is -2.44. The van der Waals surface area contributed by atoms with Crippen LogP contribution in [0.1, 0.15) is 228 Å². The van der Waals surface area contributed by atoms with Crippen molar-refractivity contribution in [1.82, 2.24) is 52.3 Å². The number of benzene rings is 1. The Balaban J connectivity index is 1.39. The molecule has 0 radical (unpaired) electrons. The third kappa shape index (κ3) is 37.9. The molecular formula is C89H151N11O24. The molecule has 706 valence electrons. The summed E-state index contributed by atoms with van der Waals surface area (Å²) in [5.74, 6) is -5.08. The van der Waals surface area contributed by atoms with Crippen LogP contribution in [0.2, 0.25) is 0 Å². The predicted molar refractivity (Wildman–Crippen MR) is 462 cm³/mol. The molecule has 1 aromatic rings. The molecule has 4 aliphatic rings. The molecule has 4 saturated heterocycles. The van der Waals surface area contributed by atoms with Crippen LogP contribution in [0.25, 0.3) is 0 Å². The molecule has 1 aromatic carbocycles. The Labute approximate surface area is 734 Å². The summed E-state index contributed by atoms with van der Waals surface area (Å²) < 4.78 is 72.9. The summed E-state index contributed by atoms with van der Waals surface area (Å²) in [6.07, 6.45) is 7.04. The molecule has 5 rings (SSSR count). The van der Waals surface area contributed by atoms with Crippen molar-refractivity contribution >= 4 is 76.4 Å². The lowest BCUT2D eigenvalue weighted by atomic mass is 9.81. The number of ether oxygens (including phenoxy) is 12. The third-order valence-corrected chi connectivity index (χ3v) is 24.0. The zero-order valence-electron chi connectivity index (χ0n) is 77.0. The first-order valence-electron chi connectivity index (χ1n) is 45.3. The third-order valence-electron chi connectivity index (χ3n) is 24.0. The number of Topliss-reactive ketones (excluding diaryl/α,β-unsaturated/α-hetero) is 1. The first-order chi connectivity index (χ1) is 59.2. The zero-order valence-corrected chi connectivity index (χ0v) is 77.0. The number of unbranched alkanes of at least 4 members (excludes halogenated alkanes) is 7. The SMILES string of the molecule is CCC1OC(OCCOCCNC(=O)CN(CC(=O)NCCOCCOC2OC(CC)C(C)C(C)C2NC(C)=O)C(=O)c2cc(NC(=O)CCCCCCCCCCC(C)=O)cc(C(=O)N(CC(=O)NCCOCCOC3OC(CC)C(C)C(C)C3NC(C)=O)CC(=O)NCCOCCOC3OC(CC)C(C)C(C)C3NC(C)=O)c2)C(NC(C)=O)C(C)C1C. The van der Waals surface area contributed by atoms with Gasteiger partial charge in [-0.05, 0) is 111 Å². The van der Waals surface area contributed by atoms with Gasteiger partial charge in [0.2, 0.25) is 53.2 Å². The molecule has 0 aliphatic carbocycles. The van der Waals surface area contributed by atoms with E-state index in [1.807, 2.05) is 55.4 Å². The maximum Gasteiger partial charge on any atom is 0.254 e. The van der Waals surface area contributed by atoms with E-state index in [9.17, 15) is 47.9 Å². The summed E-state index contributed by atoms with van der Waals surface area (Å²) in [6.45, 7) is 29.5. The van der Waals surface area contributed by atoms with Gasteiger partial charge < -0.3 is 119 Å². The van der Waals surface area contributed by atoms with Gasteiger partial charge in [0.15, 0.2) is 25.2 Å². The van der Waals surface area contributed by atoms with E-state index in [1.165, 1.54) is 45.9 Å². The lowest BCUT2D eigenvalue weighted by Crippen LogP contribution is -2.57. The van der Waals surface area contributed by atoms with Crippen LogP contribution in [0.15, 0.2) is 18.2 Å². The number of anilines is 1. The summed E-state index contributed by atoms with van der Waals surface area (Å²) in [5.41, 5.74) is -0.579. The van der Waals surface area contributed by atoms with E-state index in [-0.39, 0.29) is 230 Å². The van der Waals surface area contributed by atoms with Crippen molar-refractivity contribution in [1.29, 1.82) is 0 Å². The van der Waals surface area contributed by atoms with E-state index in [2.05, 4.69) is 75.5 Å². The number of carbonyl (C=O) groups is 12. The highest BCUT2D eigenvalue weighted by molar-refractivity contribution is 6.05. The van der Waals surface area contributed by atoms with Crippen LogP contribution in [0.3, 0.4) is 0 Å². The van der Waals surface area contributed by atoms with Crippen molar-refractivity contribution in [2.45, 2.75) is 281 Å². The van der Waals surface area contributed by atoms with Gasteiger partial charge >= 0.3 is 0 Å². The highest BCUT2D eigenvalue weighted by Gasteiger charge is 2.46. The number of ketones is 1. The Morgan fingerprint density at radius 2 is 0.565 bits per heavy atom. The molecule has 9 N–H and O–H groups in total. The first kappa shape index (κ1) is 107. The Kier molecular flexibility index (Phi) is 50.2. The first-order valence-corrected chi connectivity index (χ1v) is 45.3. The molecular weight excluding hydrogens is 1610 g/mol. The second kappa shape index (κ2) is 58.1. The lowest BCUT2D eigenvalue weighted by molar-refractivity contribution is -0.239. The number of carbonyl (C=O) groups excluding carboxylic acids is 12. The topological polar surface area (TPSA) is 430 Å². The van der Waals surface area contributed by atoms with E-state index in [0.29, 0.717) is 12.8 Å². The highest BCUT2D eigenvalue weighted by atomic mass is 16.7. The van der Waals surface area contributed by atoms with Crippen molar-refractivity contribution in [2.24, 2.45) is 47.3 Å². The fourth-order valence-electron chi connectivity index (χ4n) is 16.3. The van der Waals surface area contributed by atoms with Crippen molar-refractivity contribution in [3.8, 4) is 0 Å². The van der Waals surface area contributed by atoms with E-state index in [1.54, 1.807) is 6.92 Å². The molecule has 0 bridgehead atoms. The van der Waals surface area contributed by atoms with Crippen LogP contribution in [0.5, 0.6) is 0 Å². The smallest absolute Gasteiger partial charge is 0.254 e. The van der Waals surface area contributed by atoms with Gasteiger partial charge in [0.25, 0.3) is 11.8 Å². The van der Waals surface area contributed by atoms with Crippen LogP contribution in [-0.4, -0.2) is 286 Å². The van der Waals surface area contributed by atoms with Crippen LogP contribution in [-0.2, 0) is 105 Å². The van der Waals surface area contributed by atoms with E-state index in [4.69, 9.17) is 56.8 Å². The van der Waals surface area contributed by atoms with Gasteiger partial charge in [0.1, 0.15) is 32.0 Å². The summed E-state index contributed by atoms with van der Waals surface area (Å²) in [7, 11) is 0. The summed E-state index contributed by atoms with van der Waals surface area (Å²) >= 11 is 0. The molecule has 0 spiro atoms. The second-order valence-corrected chi connectivity index (χ2v) is 33.6. The largest absolute Gasteiger partial charge is 0.377 e. The number of rotatable bonds is 58. The Hall–Kier alpha value is -7.42. The summed E-state index contributed by atoms with van der Waals surface area (Å²) in [4.78, 5) is 163. The molecule has 11 amide bonds. The number of hydrogen-bond acceptors (Lipinski definition) is 24. The Bertz CT molecular complexity index is 3110. The molecule has 4 aliphatic heterocycles. The molecule has 124 heavy (non-hydrogen) atoms. The maximum atomic E-state index is 15.4. The van der Waals surface area contributed by atoms with Crippen LogP contribution in [0, 0.1) is 47.3 Å². The average molecular weight is 1760 g/mol. The summed E-state index contributed by atoms with van der Waals surface area (Å²) in [5, 5.41) is 25.7. The van der Waals surface area contributed by atoms with Gasteiger partial charge in [0, 0.05) is 83.5 Å². The predicted octanol–water partition coefficient (Wildman–Crippen LogP) is 6.24. The van der Waals surface area contributed by atoms with Gasteiger partial charge in [-0.15, -0.1) is 0 Å². The van der Waals surface area contributed by atoms with E-state index in [0.717, 1.165) is 80.4 Å². The molecule has 0 saturated carbocycles. The van der Waals surface area contributed by atoms with Gasteiger partial charge in [0.05, 0.1) is 128 Å². The van der Waals surface area contributed by atoms with Gasteiger partial charge in [-0.3, -0.25) is 52.7 Å². The van der Waals surface area contributed by atoms with Crippen molar-refractivity contribution in [3.63, 3.8) is 0 Å². The normalized spacial score (nSPS) is 26.1. The maximum absolute atomic E-state index is 15.4. The molecule has 4 heterocycles. The fraction of sp³-hybridized carbons (Fsp3) is 0.798. The van der Waals surface area contributed by atoms with Gasteiger partial charge in [-0.2, -0.15) is 0 Å². The molecule has 0 aromatic heterocycles. The highest BCUT2D eigenvalue weighted by Crippen LogP contribution is 2.37. The zero-order chi connectivity index (χ0) is 91.4. The number of nitrogens with zero attached hydrogens (tertiary/aromatic N) is 2. The minimum Gasteiger partial charge on any atom is -0.377 e. The minimum atomic E-state index is -0.939. The summed E-state index contributed by atoms with van der Waals surface area (Å²) in [6, 6.07) is 2.18. The van der Waals surface area contributed by atoms with E-state index < -0.39 is 117 Å². The monoisotopic (exact) mass is 1760 g/mol. The Morgan fingerprint density at radius 3 is 0.806 bits per heavy atom. The molecule has 35 heteroatoms. The molecule has 4 fully saturated rings. The number of nitrogens with one attached hydrogen (secondary N) is 9. The van der Waals surface area contributed by atoms with Crippen molar-refractivity contribution in [3.05, 3.63) is 29.3 Å². The minimum absolute atomic E-state index is 0.00631. The van der Waals surface area contributed by atoms with E-state index >= 15 is 9.59 Å². The molecule has 35 nitrogen and oxygen atoms in total. The van der Waals surface area contributed by atoms with Crippen LogP contribution in [0.4, 0.5) is 5.69 Å². The molecule has 20 atom stereocenters. The average Bonchev–Trinajstić information content (AvgIpc) is 0.823. The fourth-order valence-corrected chi connectivity index (χ4v) is 16.3. The van der Waals surface area contributed by atoms with Gasteiger partial charge in [-0.25, -0.2) is 0 Å². The van der Waals surface area contributed by atoms with Gasteiger partial charge in [-0.1, -0.05) is 122 Å². The quantitative estimate of drug-likeness (QED) is 0.0326. The van der Waals surface area contributed by atoms with Crippen LogP contribution < -0.4 is 47.9 Å². The number of hydrogen-bond donors (Lipinski definition) is 9. The van der Waals surface area contributed by atoms with Crippen molar-refractivity contribution < 1.29 is 114 Å². The number of amides is 11.